The van der Waals surface area contributed by atoms with Gasteiger partial charge in [0.1, 0.15) is 48.8 Å². The van der Waals surface area contributed by atoms with Crippen molar-refractivity contribution >= 4 is 5.91 Å². The third kappa shape index (κ3) is 4.31. The molecule has 2 rings (SSSR count). The van der Waals surface area contributed by atoms with Crippen molar-refractivity contribution in [1.82, 2.24) is 5.32 Å². The van der Waals surface area contributed by atoms with Crippen molar-refractivity contribution in [2.24, 2.45) is 0 Å². The number of aliphatic hydroxyl groups is 7. The number of nitrogens with one attached hydrogen (secondary N) is 1. The molecule has 2 aliphatic heterocycles. The maximum Gasteiger partial charge on any atom is 0.217 e. The highest BCUT2D eigenvalue weighted by atomic mass is 16.7. The van der Waals surface area contributed by atoms with Gasteiger partial charge in [0.2, 0.25) is 5.91 Å². The van der Waals surface area contributed by atoms with Gasteiger partial charge in [-0.2, -0.15) is 0 Å². The summed E-state index contributed by atoms with van der Waals surface area (Å²) in [5.74, 6) is -0.574. The molecule has 1 amide bonds. The lowest BCUT2D eigenvalue weighted by molar-refractivity contribution is -0.341. The maximum atomic E-state index is 11.4. The number of hydrogen-bond acceptors (Lipinski definition) is 11. The monoisotopic (exact) mass is 383 g/mol. The van der Waals surface area contributed by atoms with E-state index >= 15 is 0 Å². The molecule has 0 aromatic carbocycles. The van der Waals surface area contributed by atoms with Gasteiger partial charge in [-0.15, -0.1) is 0 Å². The van der Waals surface area contributed by atoms with E-state index in [9.17, 15) is 40.5 Å². The van der Waals surface area contributed by atoms with Gasteiger partial charge >= 0.3 is 0 Å². The molecule has 2 heterocycles. The van der Waals surface area contributed by atoms with Crippen LogP contribution in [0.5, 0.6) is 0 Å². The number of ether oxygens (including phenoxy) is 3. The molecule has 0 spiro atoms. The van der Waals surface area contributed by atoms with Crippen LogP contribution >= 0.6 is 0 Å². The number of carbonyl (C=O) groups is 1. The van der Waals surface area contributed by atoms with Crippen molar-refractivity contribution in [2.45, 2.75) is 68.3 Å². The summed E-state index contributed by atoms with van der Waals surface area (Å²) < 4.78 is 15.7. The Bertz CT molecular complexity index is 478. The first kappa shape index (κ1) is 21.4. The summed E-state index contributed by atoms with van der Waals surface area (Å²) in [6.45, 7) is -0.195. The summed E-state index contributed by atoms with van der Waals surface area (Å²) in [5, 5.41) is 70.7. The molecule has 0 saturated carbocycles. The van der Waals surface area contributed by atoms with Crippen LogP contribution in [0.25, 0.3) is 0 Å². The first-order chi connectivity index (χ1) is 12.2. The zero-order valence-corrected chi connectivity index (χ0v) is 14.0. The number of hydrogen-bond donors (Lipinski definition) is 8. The summed E-state index contributed by atoms with van der Waals surface area (Å²) in [6, 6.07) is -1.28. The fourth-order valence-corrected chi connectivity index (χ4v) is 2.97. The number of aliphatic hydroxyl groups excluding tert-OH is 7. The number of carbonyl (C=O) groups excluding carboxylic acids is 1. The van der Waals surface area contributed by atoms with E-state index in [2.05, 4.69) is 5.32 Å². The lowest BCUT2D eigenvalue weighted by Crippen LogP contribution is -2.67. The van der Waals surface area contributed by atoms with E-state index in [4.69, 9.17) is 14.2 Å². The molecule has 12 heteroatoms. The normalized spacial score (nSPS) is 46.8. The summed E-state index contributed by atoms with van der Waals surface area (Å²) in [6.07, 6.45) is -13.7. The summed E-state index contributed by atoms with van der Waals surface area (Å²) in [7, 11) is 0. The van der Waals surface area contributed by atoms with Crippen LogP contribution in [0.4, 0.5) is 0 Å². The first-order valence-corrected chi connectivity index (χ1v) is 8.06. The predicted molar refractivity (Wildman–Crippen MR) is 80.2 cm³/mol. The van der Waals surface area contributed by atoms with E-state index in [0.29, 0.717) is 0 Å². The Morgan fingerprint density at radius 2 is 1.50 bits per heavy atom. The largest absolute Gasteiger partial charge is 0.394 e. The van der Waals surface area contributed by atoms with Crippen molar-refractivity contribution in [3.63, 3.8) is 0 Å². The fraction of sp³-hybridized carbons (Fsp3) is 0.929. The molecule has 12 nitrogen and oxygen atoms in total. The zero-order valence-electron chi connectivity index (χ0n) is 14.0. The second-order valence-corrected chi connectivity index (χ2v) is 6.26. The minimum atomic E-state index is -1.74. The molecule has 0 aromatic heterocycles. The molecule has 10 atom stereocenters. The molecule has 152 valence electrons. The Labute approximate surface area is 148 Å². The minimum Gasteiger partial charge on any atom is -0.394 e. The van der Waals surface area contributed by atoms with E-state index in [1.807, 2.05) is 0 Å². The molecule has 6 unspecified atom stereocenters. The highest BCUT2D eigenvalue weighted by Crippen LogP contribution is 2.28. The highest BCUT2D eigenvalue weighted by molar-refractivity contribution is 5.73. The second-order valence-electron chi connectivity index (χ2n) is 6.26. The van der Waals surface area contributed by atoms with Crippen molar-refractivity contribution in [1.29, 1.82) is 0 Å². The molecule has 0 radical (unpaired) electrons. The van der Waals surface area contributed by atoms with E-state index in [-0.39, 0.29) is 0 Å². The smallest absolute Gasteiger partial charge is 0.217 e. The Hall–Kier alpha value is -0.930. The van der Waals surface area contributed by atoms with Crippen molar-refractivity contribution in [2.75, 3.05) is 13.2 Å². The number of rotatable bonds is 5. The van der Waals surface area contributed by atoms with Crippen LogP contribution in [0.3, 0.4) is 0 Å². The quantitative estimate of drug-likeness (QED) is 0.226. The van der Waals surface area contributed by atoms with Gasteiger partial charge in [0.25, 0.3) is 0 Å². The van der Waals surface area contributed by atoms with Crippen LogP contribution < -0.4 is 5.32 Å². The molecule has 2 saturated heterocycles. The van der Waals surface area contributed by atoms with E-state index in [0.717, 1.165) is 6.92 Å². The molecule has 0 aromatic rings. The SMILES string of the molecule is CC(=O)NC1C(O[C@@H]2OC(CO)[C@H](O)C(O)C2O)[C@H](O)C(CO)O[C@H]1O. The molecule has 0 bridgehead atoms. The van der Waals surface area contributed by atoms with Crippen molar-refractivity contribution < 1.29 is 54.8 Å². The third-order valence-electron chi connectivity index (χ3n) is 4.38. The van der Waals surface area contributed by atoms with Gasteiger partial charge in [-0.25, -0.2) is 0 Å². The standard InChI is InChI=1S/C14H25NO11/c1-4(18)15-7-12(9(20)6(3-17)24-13(7)23)26-14-11(22)10(21)8(19)5(2-16)25-14/h5-14,16-17,19-23H,2-3H2,1H3,(H,15,18)/t5?,6?,7?,8-,9+,10?,11?,12?,13+,14-/m0/s1. The van der Waals surface area contributed by atoms with Crippen LogP contribution in [0.15, 0.2) is 0 Å². The predicted octanol–water partition coefficient (Wildman–Crippen LogP) is -5.25. The van der Waals surface area contributed by atoms with Crippen molar-refractivity contribution in [3.8, 4) is 0 Å². The van der Waals surface area contributed by atoms with Gasteiger partial charge in [0.15, 0.2) is 12.6 Å². The molecule has 8 N–H and O–H groups in total. The van der Waals surface area contributed by atoms with Gasteiger partial charge in [0.05, 0.1) is 13.2 Å². The van der Waals surface area contributed by atoms with Gasteiger partial charge in [-0.1, -0.05) is 0 Å². The maximum absolute atomic E-state index is 11.4. The van der Waals surface area contributed by atoms with Crippen LogP contribution in [0, 0.1) is 0 Å². The Morgan fingerprint density at radius 3 is 2.04 bits per heavy atom. The summed E-state index contributed by atoms with van der Waals surface area (Å²) in [5.41, 5.74) is 0. The van der Waals surface area contributed by atoms with Gasteiger partial charge in [-0.3, -0.25) is 4.79 Å². The van der Waals surface area contributed by atoms with Crippen LogP contribution in [0.1, 0.15) is 6.92 Å². The van der Waals surface area contributed by atoms with E-state index < -0.39 is 80.5 Å². The topological polar surface area (TPSA) is 198 Å². The van der Waals surface area contributed by atoms with Crippen molar-refractivity contribution in [3.05, 3.63) is 0 Å². The molecule has 0 aliphatic carbocycles. The third-order valence-corrected chi connectivity index (χ3v) is 4.38. The Morgan fingerprint density at radius 1 is 0.923 bits per heavy atom. The Balaban J connectivity index is 2.21. The summed E-state index contributed by atoms with van der Waals surface area (Å²) >= 11 is 0. The van der Waals surface area contributed by atoms with E-state index in [1.165, 1.54) is 0 Å². The van der Waals surface area contributed by atoms with E-state index in [1.54, 1.807) is 0 Å². The van der Waals surface area contributed by atoms with Gasteiger partial charge in [0, 0.05) is 6.92 Å². The average molecular weight is 383 g/mol. The Kier molecular flexibility index (Phi) is 7.27. The van der Waals surface area contributed by atoms with Crippen LogP contribution in [-0.4, -0.2) is 116 Å². The molecule has 2 fully saturated rings. The lowest BCUT2D eigenvalue weighted by atomic mass is 9.95. The fourth-order valence-electron chi connectivity index (χ4n) is 2.97. The van der Waals surface area contributed by atoms with Gasteiger partial charge < -0.3 is 55.3 Å². The zero-order chi connectivity index (χ0) is 19.6. The highest BCUT2D eigenvalue weighted by Gasteiger charge is 2.50. The van der Waals surface area contributed by atoms with Gasteiger partial charge in [-0.05, 0) is 0 Å². The second kappa shape index (κ2) is 8.84. The van der Waals surface area contributed by atoms with Crippen LogP contribution in [-0.2, 0) is 19.0 Å². The molecular formula is C14H25NO11. The number of amides is 1. The first-order valence-electron chi connectivity index (χ1n) is 8.06. The molecular weight excluding hydrogens is 358 g/mol. The minimum absolute atomic E-state index is 0.574. The molecule has 26 heavy (non-hydrogen) atoms. The van der Waals surface area contributed by atoms with Crippen LogP contribution in [0.2, 0.25) is 0 Å². The molecule has 2 aliphatic rings. The summed E-state index contributed by atoms with van der Waals surface area (Å²) in [4.78, 5) is 11.4. The lowest BCUT2D eigenvalue weighted by Gasteiger charge is -2.46. The average Bonchev–Trinajstić information content (AvgIpc) is 2.60.